The molecule has 2 aromatic rings. The van der Waals surface area contributed by atoms with Crippen molar-refractivity contribution in [1.82, 2.24) is 10.6 Å². The zero-order valence-corrected chi connectivity index (χ0v) is 15.0. The van der Waals surface area contributed by atoms with Crippen molar-refractivity contribution in [1.29, 1.82) is 0 Å². The van der Waals surface area contributed by atoms with Gasteiger partial charge in [0.15, 0.2) is 5.96 Å². The van der Waals surface area contributed by atoms with Gasteiger partial charge in [-0.25, -0.2) is 0 Å². The van der Waals surface area contributed by atoms with Crippen molar-refractivity contribution in [2.75, 3.05) is 31.6 Å². The van der Waals surface area contributed by atoms with Gasteiger partial charge in [-0.05, 0) is 37.0 Å². The molecule has 1 aliphatic rings. The summed E-state index contributed by atoms with van der Waals surface area (Å²) in [6.45, 7) is 3.05. The molecular formula is C21H28N4. The number of nitrogens with zero attached hydrogens (tertiary/aromatic N) is 2. The van der Waals surface area contributed by atoms with Crippen molar-refractivity contribution in [3.63, 3.8) is 0 Å². The second-order valence-electron chi connectivity index (χ2n) is 6.50. The van der Waals surface area contributed by atoms with Crippen LogP contribution in [0.5, 0.6) is 0 Å². The fraction of sp³-hybridized carbons (Fsp3) is 0.381. The first kappa shape index (κ1) is 17.3. The Morgan fingerprint density at radius 1 is 1.08 bits per heavy atom. The fourth-order valence-electron chi connectivity index (χ4n) is 3.28. The minimum atomic E-state index is 0.445. The molecule has 0 radical (unpaired) electrons. The number of guanidine groups is 1. The zero-order valence-electron chi connectivity index (χ0n) is 15.0. The largest absolute Gasteiger partial charge is 0.369 e. The first-order valence-corrected chi connectivity index (χ1v) is 9.16. The van der Waals surface area contributed by atoms with Gasteiger partial charge < -0.3 is 15.5 Å². The lowest BCUT2D eigenvalue weighted by Crippen LogP contribution is -2.44. The Morgan fingerprint density at radius 3 is 2.52 bits per heavy atom. The van der Waals surface area contributed by atoms with Gasteiger partial charge in [0.25, 0.3) is 0 Å². The van der Waals surface area contributed by atoms with Gasteiger partial charge in [-0.3, -0.25) is 4.99 Å². The predicted octanol–water partition coefficient (Wildman–Crippen LogP) is 3.06. The summed E-state index contributed by atoms with van der Waals surface area (Å²) in [4.78, 5) is 6.80. The Bertz CT molecular complexity index is 654. The minimum Gasteiger partial charge on any atom is -0.369 e. The molecular weight excluding hydrogens is 308 g/mol. The van der Waals surface area contributed by atoms with E-state index in [0.29, 0.717) is 6.04 Å². The van der Waals surface area contributed by atoms with Crippen molar-refractivity contribution in [2.45, 2.75) is 25.3 Å². The van der Waals surface area contributed by atoms with E-state index in [9.17, 15) is 0 Å². The van der Waals surface area contributed by atoms with Gasteiger partial charge in [0, 0.05) is 38.4 Å². The van der Waals surface area contributed by atoms with Crippen LogP contribution >= 0.6 is 0 Å². The highest BCUT2D eigenvalue weighted by atomic mass is 15.2. The third-order valence-corrected chi connectivity index (χ3v) is 4.65. The van der Waals surface area contributed by atoms with E-state index in [0.717, 1.165) is 44.9 Å². The number of aryl methyl sites for hydroxylation is 1. The van der Waals surface area contributed by atoms with Crippen LogP contribution in [-0.4, -0.2) is 38.7 Å². The molecule has 25 heavy (non-hydrogen) atoms. The molecule has 4 heteroatoms. The second kappa shape index (κ2) is 9.11. The smallest absolute Gasteiger partial charge is 0.191 e. The maximum Gasteiger partial charge on any atom is 0.191 e. The number of benzene rings is 2. The van der Waals surface area contributed by atoms with E-state index in [1.165, 1.54) is 11.3 Å². The van der Waals surface area contributed by atoms with Gasteiger partial charge in [0.05, 0.1) is 0 Å². The van der Waals surface area contributed by atoms with Crippen molar-refractivity contribution >= 4 is 11.6 Å². The van der Waals surface area contributed by atoms with E-state index >= 15 is 0 Å². The fourth-order valence-corrected chi connectivity index (χ4v) is 3.28. The average Bonchev–Trinajstić information content (AvgIpc) is 3.14. The summed E-state index contributed by atoms with van der Waals surface area (Å²) in [5.74, 6) is 0.910. The van der Waals surface area contributed by atoms with Crippen molar-refractivity contribution in [3.8, 4) is 0 Å². The molecule has 1 unspecified atom stereocenters. The highest BCUT2D eigenvalue weighted by Crippen LogP contribution is 2.19. The lowest BCUT2D eigenvalue weighted by molar-refractivity contribution is 0.643. The summed E-state index contributed by atoms with van der Waals surface area (Å²) >= 11 is 0. The highest BCUT2D eigenvalue weighted by Gasteiger charge is 2.23. The summed E-state index contributed by atoms with van der Waals surface area (Å²) in [6, 6.07) is 21.7. The number of nitrogens with one attached hydrogen (secondary N) is 2. The predicted molar refractivity (Wildman–Crippen MR) is 106 cm³/mol. The van der Waals surface area contributed by atoms with Crippen LogP contribution in [0.2, 0.25) is 0 Å². The Hall–Kier alpha value is -2.49. The molecule has 2 aromatic carbocycles. The van der Waals surface area contributed by atoms with Gasteiger partial charge >= 0.3 is 0 Å². The number of para-hydroxylation sites is 1. The van der Waals surface area contributed by atoms with E-state index in [-0.39, 0.29) is 0 Å². The zero-order chi connectivity index (χ0) is 17.3. The number of hydrogen-bond acceptors (Lipinski definition) is 2. The van der Waals surface area contributed by atoms with Crippen LogP contribution in [0.4, 0.5) is 5.69 Å². The molecule has 0 spiro atoms. The molecule has 0 bridgehead atoms. The Kier molecular flexibility index (Phi) is 6.32. The summed E-state index contributed by atoms with van der Waals surface area (Å²) in [5, 5.41) is 7.00. The molecule has 0 aliphatic carbocycles. The van der Waals surface area contributed by atoms with Crippen LogP contribution in [0.15, 0.2) is 65.7 Å². The summed E-state index contributed by atoms with van der Waals surface area (Å²) in [6.07, 6.45) is 3.33. The molecule has 1 atom stereocenters. The first-order valence-electron chi connectivity index (χ1n) is 9.16. The molecule has 0 aromatic heterocycles. The number of rotatable bonds is 6. The topological polar surface area (TPSA) is 39.7 Å². The minimum absolute atomic E-state index is 0.445. The first-order chi connectivity index (χ1) is 12.3. The molecule has 1 aliphatic heterocycles. The Balaban J connectivity index is 1.39. The van der Waals surface area contributed by atoms with E-state index < -0.39 is 0 Å². The maximum absolute atomic E-state index is 4.37. The monoisotopic (exact) mass is 336 g/mol. The van der Waals surface area contributed by atoms with Crippen LogP contribution in [0.3, 0.4) is 0 Å². The molecule has 1 heterocycles. The number of anilines is 1. The molecule has 4 nitrogen and oxygen atoms in total. The summed E-state index contributed by atoms with van der Waals surface area (Å²) in [5.41, 5.74) is 2.69. The SMILES string of the molecule is CN=C(NCCCc1ccccc1)NC1CCN(c2ccccc2)C1. The maximum atomic E-state index is 4.37. The van der Waals surface area contributed by atoms with Gasteiger partial charge in [-0.2, -0.15) is 0 Å². The number of aliphatic imine (C=N–C) groups is 1. The quantitative estimate of drug-likeness (QED) is 0.484. The van der Waals surface area contributed by atoms with Gasteiger partial charge in [-0.1, -0.05) is 48.5 Å². The van der Waals surface area contributed by atoms with Crippen molar-refractivity contribution < 1.29 is 0 Å². The Labute approximate surface area is 151 Å². The van der Waals surface area contributed by atoms with Crippen LogP contribution in [0.25, 0.3) is 0 Å². The number of hydrogen-bond donors (Lipinski definition) is 2. The lowest BCUT2D eigenvalue weighted by Gasteiger charge is -2.20. The average molecular weight is 336 g/mol. The second-order valence-corrected chi connectivity index (χ2v) is 6.50. The van der Waals surface area contributed by atoms with E-state index in [2.05, 4.69) is 81.2 Å². The molecule has 2 N–H and O–H groups in total. The highest BCUT2D eigenvalue weighted by molar-refractivity contribution is 5.80. The van der Waals surface area contributed by atoms with Crippen LogP contribution in [0.1, 0.15) is 18.4 Å². The van der Waals surface area contributed by atoms with E-state index in [1.54, 1.807) is 0 Å². The Morgan fingerprint density at radius 2 is 1.80 bits per heavy atom. The lowest BCUT2D eigenvalue weighted by atomic mass is 10.1. The third kappa shape index (κ3) is 5.24. The molecule has 3 rings (SSSR count). The van der Waals surface area contributed by atoms with Gasteiger partial charge in [0.2, 0.25) is 0 Å². The van der Waals surface area contributed by atoms with Crippen LogP contribution in [0, 0.1) is 0 Å². The molecule has 0 amide bonds. The normalized spacial score (nSPS) is 17.6. The summed E-state index contributed by atoms with van der Waals surface area (Å²) < 4.78 is 0. The van der Waals surface area contributed by atoms with Crippen LogP contribution < -0.4 is 15.5 Å². The molecule has 1 fully saturated rings. The molecule has 132 valence electrons. The molecule has 0 saturated carbocycles. The van der Waals surface area contributed by atoms with Crippen LogP contribution in [-0.2, 0) is 6.42 Å². The third-order valence-electron chi connectivity index (χ3n) is 4.65. The van der Waals surface area contributed by atoms with Crippen molar-refractivity contribution in [2.24, 2.45) is 4.99 Å². The standard InChI is InChI=1S/C21H28N4/c1-22-21(23-15-8-11-18-9-4-2-5-10-18)24-19-14-16-25(17-19)20-12-6-3-7-13-20/h2-7,9-10,12-13,19H,8,11,14-17H2,1H3,(H2,22,23,24). The van der Waals surface area contributed by atoms with Crippen molar-refractivity contribution in [3.05, 3.63) is 66.2 Å². The van der Waals surface area contributed by atoms with E-state index in [4.69, 9.17) is 0 Å². The summed E-state index contributed by atoms with van der Waals surface area (Å²) in [7, 11) is 1.84. The van der Waals surface area contributed by atoms with Gasteiger partial charge in [-0.15, -0.1) is 0 Å². The van der Waals surface area contributed by atoms with E-state index in [1.807, 2.05) is 7.05 Å². The van der Waals surface area contributed by atoms with Gasteiger partial charge in [0.1, 0.15) is 0 Å². The molecule has 1 saturated heterocycles.